The smallest absolute Gasteiger partial charge is 0.390 e. The Kier molecular flexibility index (Phi) is 4.70. The minimum Gasteiger partial charge on any atom is -0.397 e. The van der Waals surface area contributed by atoms with Crippen molar-refractivity contribution in [2.45, 2.75) is 30.5 Å². The first kappa shape index (κ1) is 16.1. The Bertz CT molecular complexity index is 560. The summed E-state index contributed by atoms with van der Waals surface area (Å²) in [5.74, 6) is 0. The predicted molar refractivity (Wildman–Crippen MR) is 66.3 cm³/mol. The molecule has 0 amide bonds. The number of nitrogens with one attached hydrogen (secondary N) is 1. The summed E-state index contributed by atoms with van der Waals surface area (Å²) in [5, 5.41) is 0.169. The lowest BCUT2D eigenvalue weighted by atomic mass is 10.2. The third-order valence-electron chi connectivity index (χ3n) is 2.17. The van der Waals surface area contributed by atoms with E-state index in [9.17, 15) is 21.6 Å². The molecular weight excluding hydrogens is 305 g/mol. The Labute approximate surface area is 113 Å². The van der Waals surface area contributed by atoms with Gasteiger partial charge in [0.25, 0.3) is 0 Å². The highest BCUT2D eigenvalue weighted by Gasteiger charge is 2.32. The predicted octanol–water partition coefficient (Wildman–Crippen LogP) is 2.54. The second kappa shape index (κ2) is 5.56. The van der Waals surface area contributed by atoms with E-state index in [1.165, 1.54) is 12.1 Å². The number of sulfonamides is 1. The summed E-state index contributed by atoms with van der Waals surface area (Å²) in [7, 11) is -4.06. The zero-order chi connectivity index (χ0) is 14.8. The van der Waals surface area contributed by atoms with Gasteiger partial charge in [0, 0.05) is 6.04 Å². The molecule has 4 nitrogen and oxygen atoms in total. The van der Waals surface area contributed by atoms with Gasteiger partial charge in [0.2, 0.25) is 10.0 Å². The van der Waals surface area contributed by atoms with E-state index in [0.29, 0.717) is 0 Å². The van der Waals surface area contributed by atoms with Crippen LogP contribution in [0.5, 0.6) is 0 Å². The van der Waals surface area contributed by atoms with Crippen molar-refractivity contribution in [3.05, 3.63) is 23.2 Å². The van der Waals surface area contributed by atoms with Gasteiger partial charge in [-0.3, -0.25) is 0 Å². The van der Waals surface area contributed by atoms with Crippen LogP contribution in [0.4, 0.5) is 18.9 Å². The second-order valence-electron chi connectivity index (χ2n) is 4.02. The molecule has 1 aromatic rings. The Hall–Kier alpha value is -0.990. The molecule has 0 heterocycles. The molecule has 108 valence electrons. The van der Waals surface area contributed by atoms with Crippen LogP contribution in [-0.4, -0.2) is 20.6 Å². The fourth-order valence-electron chi connectivity index (χ4n) is 1.41. The van der Waals surface area contributed by atoms with Crippen molar-refractivity contribution in [1.29, 1.82) is 0 Å². The third-order valence-corrected chi connectivity index (χ3v) is 4.10. The van der Waals surface area contributed by atoms with Gasteiger partial charge in [0.15, 0.2) is 0 Å². The van der Waals surface area contributed by atoms with E-state index in [4.69, 9.17) is 17.3 Å². The molecule has 0 aliphatic carbocycles. The molecule has 1 atom stereocenters. The second-order valence-corrected chi connectivity index (χ2v) is 6.15. The standard InChI is InChI=1S/C10H12ClF3N2O2S/c1-6(5-10(12,13)14)16-19(17,18)7-2-3-8(11)9(15)4-7/h2-4,6,16H,5,15H2,1H3. The fourth-order valence-corrected chi connectivity index (χ4v) is 2.81. The van der Waals surface area contributed by atoms with Gasteiger partial charge in [-0.05, 0) is 25.1 Å². The summed E-state index contributed by atoms with van der Waals surface area (Å²) in [6, 6.07) is 2.24. The molecule has 1 rings (SSSR count). The highest BCUT2D eigenvalue weighted by molar-refractivity contribution is 7.89. The van der Waals surface area contributed by atoms with E-state index < -0.39 is 28.7 Å². The van der Waals surface area contributed by atoms with E-state index in [2.05, 4.69) is 0 Å². The maximum Gasteiger partial charge on any atom is 0.390 e. The van der Waals surface area contributed by atoms with Crippen LogP contribution in [-0.2, 0) is 10.0 Å². The first-order chi connectivity index (χ1) is 8.51. The molecule has 0 saturated carbocycles. The number of benzene rings is 1. The minimum absolute atomic E-state index is 0.0352. The molecule has 0 spiro atoms. The fraction of sp³-hybridized carbons (Fsp3) is 0.400. The lowest BCUT2D eigenvalue weighted by Crippen LogP contribution is -2.35. The molecule has 1 unspecified atom stereocenters. The number of hydrogen-bond donors (Lipinski definition) is 2. The molecule has 0 aliphatic heterocycles. The lowest BCUT2D eigenvalue weighted by Gasteiger charge is -2.16. The quantitative estimate of drug-likeness (QED) is 0.838. The van der Waals surface area contributed by atoms with Crippen molar-refractivity contribution in [3.63, 3.8) is 0 Å². The van der Waals surface area contributed by atoms with E-state index in [1.807, 2.05) is 4.72 Å². The molecule has 0 aliphatic rings. The number of halogens is 4. The van der Waals surface area contributed by atoms with Crippen LogP contribution in [0, 0.1) is 0 Å². The van der Waals surface area contributed by atoms with Crippen LogP contribution in [0.2, 0.25) is 5.02 Å². The molecule has 19 heavy (non-hydrogen) atoms. The number of anilines is 1. The molecule has 1 aromatic carbocycles. The Balaban J connectivity index is 2.89. The number of nitrogen functional groups attached to an aromatic ring is 1. The average Bonchev–Trinajstić information content (AvgIpc) is 2.17. The van der Waals surface area contributed by atoms with Crippen LogP contribution < -0.4 is 10.5 Å². The summed E-state index contributed by atoms with van der Waals surface area (Å²) in [6.07, 6.45) is -5.70. The number of nitrogens with two attached hydrogens (primary N) is 1. The Morgan fingerprint density at radius 1 is 1.42 bits per heavy atom. The monoisotopic (exact) mass is 316 g/mol. The first-order valence-electron chi connectivity index (χ1n) is 5.15. The van der Waals surface area contributed by atoms with Crippen LogP contribution in [0.15, 0.2) is 23.1 Å². The average molecular weight is 317 g/mol. The van der Waals surface area contributed by atoms with Crippen molar-refractivity contribution in [1.82, 2.24) is 4.72 Å². The summed E-state index contributed by atoms with van der Waals surface area (Å²) < 4.78 is 61.9. The lowest BCUT2D eigenvalue weighted by molar-refractivity contribution is -0.137. The van der Waals surface area contributed by atoms with Gasteiger partial charge in [0.05, 0.1) is 22.0 Å². The molecule has 0 aromatic heterocycles. The van der Waals surface area contributed by atoms with E-state index in [-0.39, 0.29) is 15.6 Å². The molecule has 0 radical (unpaired) electrons. The van der Waals surface area contributed by atoms with Crippen molar-refractivity contribution in [3.8, 4) is 0 Å². The van der Waals surface area contributed by atoms with Gasteiger partial charge in [-0.25, -0.2) is 13.1 Å². The van der Waals surface area contributed by atoms with E-state index >= 15 is 0 Å². The zero-order valence-electron chi connectivity index (χ0n) is 9.83. The Morgan fingerprint density at radius 3 is 2.47 bits per heavy atom. The normalized spacial score (nSPS) is 14.4. The van der Waals surface area contributed by atoms with E-state index in [1.54, 1.807) is 0 Å². The van der Waals surface area contributed by atoms with Gasteiger partial charge < -0.3 is 5.73 Å². The van der Waals surface area contributed by atoms with Gasteiger partial charge in [-0.15, -0.1) is 0 Å². The van der Waals surface area contributed by atoms with Crippen molar-refractivity contribution >= 4 is 27.3 Å². The molecule has 3 N–H and O–H groups in total. The molecule has 0 bridgehead atoms. The van der Waals surface area contributed by atoms with Gasteiger partial charge in [-0.2, -0.15) is 13.2 Å². The number of alkyl halides is 3. The van der Waals surface area contributed by atoms with Gasteiger partial charge in [-0.1, -0.05) is 11.6 Å². The van der Waals surface area contributed by atoms with Gasteiger partial charge >= 0.3 is 6.18 Å². The molecular formula is C10H12ClF3N2O2S. The van der Waals surface area contributed by atoms with Crippen LogP contribution in [0.25, 0.3) is 0 Å². The molecule has 0 saturated heterocycles. The third kappa shape index (κ3) is 4.88. The summed E-state index contributed by atoms with van der Waals surface area (Å²) in [5.41, 5.74) is 5.48. The highest BCUT2D eigenvalue weighted by Crippen LogP contribution is 2.24. The van der Waals surface area contributed by atoms with E-state index in [0.717, 1.165) is 13.0 Å². The highest BCUT2D eigenvalue weighted by atomic mass is 35.5. The first-order valence-corrected chi connectivity index (χ1v) is 7.01. The maximum atomic E-state index is 12.1. The zero-order valence-corrected chi connectivity index (χ0v) is 11.4. The number of hydrogen-bond acceptors (Lipinski definition) is 3. The minimum atomic E-state index is -4.44. The van der Waals surface area contributed by atoms with Crippen molar-refractivity contribution < 1.29 is 21.6 Å². The Morgan fingerprint density at radius 2 is 2.00 bits per heavy atom. The van der Waals surface area contributed by atoms with Crippen LogP contribution in [0.1, 0.15) is 13.3 Å². The van der Waals surface area contributed by atoms with Gasteiger partial charge in [0.1, 0.15) is 0 Å². The van der Waals surface area contributed by atoms with Crippen molar-refractivity contribution in [2.24, 2.45) is 0 Å². The summed E-state index contributed by atoms with van der Waals surface area (Å²) in [4.78, 5) is -0.233. The SMILES string of the molecule is CC(CC(F)(F)F)NS(=O)(=O)c1ccc(Cl)c(N)c1. The summed E-state index contributed by atoms with van der Waals surface area (Å²) >= 11 is 5.63. The molecule has 9 heteroatoms. The number of rotatable bonds is 4. The topological polar surface area (TPSA) is 72.2 Å². The van der Waals surface area contributed by atoms with Crippen molar-refractivity contribution in [2.75, 3.05) is 5.73 Å². The largest absolute Gasteiger partial charge is 0.397 e. The molecule has 0 fully saturated rings. The van der Waals surface area contributed by atoms with Crippen LogP contribution in [0.3, 0.4) is 0 Å². The van der Waals surface area contributed by atoms with Crippen LogP contribution >= 0.6 is 11.6 Å². The summed E-state index contributed by atoms with van der Waals surface area (Å²) in [6.45, 7) is 1.13. The maximum absolute atomic E-state index is 12.1.